The molecule has 0 aliphatic heterocycles. The van der Waals surface area contributed by atoms with Gasteiger partial charge in [0.2, 0.25) is 0 Å². The summed E-state index contributed by atoms with van der Waals surface area (Å²) >= 11 is 0. The van der Waals surface area contributed by atoms with Gasteiger partial charge in [-0.3, -0.25) is 0 Å². The SMILES string of the molecule is CON=C(C#CC1CC1)c1ccccc1. The van der Waals surface area contributed by atoms with Crippen LogP contribution in [0, 0.1) is 17.8 Å². The molecule has 1 fully saturated rings. The third-order valence-corrected chi connectivity index (χ3v) is 2.20. The molecule has 2 nitrogen and oxygen atoms in total. The molecule has 0 amide bonds. The predicted molar refractivity (Wildman–Crippen MR) is 60.5 cm³/mol. The van der Waals surface area contributed by atoms with Crippen molar-refractivity contribution in [1.82, 2.24) is 0 Å². The van der Waals surface area contributed by atoms with Gasteiger partial charge in [0.05, 0.1) is 0 Å². The number of hydrogen-bond acceptors (Lipinski definition) is 2. The van der Waals surface area contributed by atoms with Gasteiger partial charge in [-0.15, -0.1) is 0 Å². The first-order chi connectivity index (χ1) is 7.40. The van der Waals surface area contributed by atoms with Crippen LogP contribution >= 0.6 is 0 Å². The van der Waals surface area contributed by atoms with Crippen LogP contribution in [-0.4, -0.2) is 12.8 Å². The quantitative estimate of drug-likeness (QED) is 0.407. The molecule has 0 N–H and O–H groups in total. The summed E-state index contributed by atoms with van der Waals surface area (Å²) in [6, 6.07) is 9.89. The highest BCUT2D eigenvalue weighted by Crippen LogP contribution is 2.27. The fourth-order valence-electron chi connectivity index (χ4n) is 1.23. The number of hydrogen-bond donors (Lipinski definition) is 0. The van der Waals surface area contributed by atoms with Gasteiger partial charge in [-0.25, -0.2) is 0 Å². The molecule has 0 spiro atoms. The number of rotatable bonds is 2. The van der Waals surface area contributed by atoms with Crippen LogP contribution in [0.4, 0.5) is 0 Å². The van der Waals surface area contributed by atoms with Gasteiger partial charge in [0, 0.05) is 11.5 Å². The van der Waals surface area contributed by atoms with Crippen molar-refractivity contribution in [2.24, 2.45) is 11.1 Å². The number of nitrogens with zero attached hydrogens (tertiary/aromatic N) is 1. The first-order valence-electron chi connectivity index (χ1n) is 5.08. The van der Waals surface area contributed by atoms with Crippen LogP contribution < -0.4 is 0 Å². The van der Waals surface area contributed by atoms with Gasteiger partial charge in [-0.1, -0.05) is 41.4 Å². The summed E-state index contributed by atoms with van der Waals surface area (Å²) in [5, 5.41) is 3.94. The molecule has 1 aliphatic rings. The summed E-state index contributed by atoms with van der Waals surface area (Å²) in [6.45, 7) is 0. The van der Waals surface area contributed by atoms with Crippen LogP contribution in [0.1, 0.15) is 18.4 Å². The van der Waals surface area contributed by atoms with E-state index in [0.29, 0.717) is 11.6 Å². The van der Waals surface area contributed by atoms with Crippen LogP contribution in [0.15, 0.2) is 35.5 Å². The minimum absolute atomic E-state index is 0.579. The topological polar surface area (TPSA) is 21.6 Å². The minimum Gasteiger partial charge on any atom is -0.398 e. The van der Waals surface area contributed by atoms with E-state index in [-0.39, 0.29) is 0 Å². The average molecular weight is 199 g/mol. The highest BCUT2D eigenvalue weighted by molar-refractivity contribution is 6.12. The first kappa shape index (κ1) is 9.79. The Kier molecular flexibility index (Phi) is 3.04. The van der Waals surface area contributed by atoms with E-state index in [9.17, 15) is 0 Å². The van der Waals surface area contributed by atoms with Gasteiger partial charge in [0.25, 0.3) is 0 Å². The van der Waals surface area contributed by atoms with Crippen LogP contribution in [0.5, 0.6) is 0 Å². The molecule has 0 radical (unpaired) electrons. The van der Waals surface area contributed by atoms with Crippen molar-refractivity contribution in [2.45, 2.75) is 12.8 Å². The number of benzene rings is 1. The standard InChI is InChI=1S/C13H13NO/c1-15-14-13(10-9-11-7-8-11)12-5-3-2-4-6-12/h2-6,11H,7-8H2,1H3. The summed E-state index contributed by atoms with van der Waals surface area (Å²) < 4.78 is 0. The largest absolute Gasteiger partial charge is 0.398 e. The van der Waals surface area contributed by atoms with Gasteiger partial charge in [-0.2, -0.15) is 0 Å². The van der Waals surface area contributed by atoms with Crippen molar-refractivity contribution >= 4 is 5.71 Å². The zero-order valence-electron chi connectivity index (χ0n) is 8.73. The molecular weight excluding hydrogens is 186 g/mol. The third kappa shape index (κ3) is 2.85. The fraction of sp³-hybridized carbons (Fsp3) is 0.308. The summed E-state index contributed by atoms with van der Waals surface area (Å²) in [5.41, 5.74) is 1.72. The maximum atomic E-state index is 4.80. The highest BCUT2D eigenvalue weighted by atomic mass is 16.6. The minimum atomic E-state index is 0.579. The van der Waals surface area contributed by atoms with E-state index in [1.165, 1.54) is 12.8 Å². The summed E-state index contributed by atoms with van der Waals surface area (Å²) in [4.78, 5) is 4.80. The molecule has 0 aromatic heterocycles. The monoisotopic (exact) mass is 199 g/mol. The summed E-state index contributed by atoms with van der Waals surface area (Å²) in [5.74, 6) is 6.83. The molecule has 1 aromatic rings. The second-order valence-corrected chi connectivity index (χ2v) is 3.53. The smallest absolute Gasteiger partial charge is 0.159 e. The molecule has 1 aliphatic carbocycles. The zero-order valence-corrected chi connectivity index (χ0v) is 8.73. The maximum Gasteiger partial charge on any atom is 0.159 e. The lowest BCUT2D eigenvalue weighted by Gasteiger charge is -1.97. The fourth-order valence-corrected chi connectivity index (χ4v) is 1.23. The van der Waals surface area contributed by atoms with E-state index >= 15 is 0 Å². The molecule has 1 saturated carbocycles. The second kappa shape index (κ2) is 4.65. The second-order valence-electron chi connectivity index (χ2n) is 3.53. The van der Waals surface area contributed by atoms with E-state index in [4.69, 9.17) is 4.84 Å². The summed E-state index contributed by atoms with van der Waals surface area (Å²) in [6.07, 6.45) is 2.45. The van der Waals surface area contributed by atoms with Crippen molar-refractivity contribution < 1.29 is 4.84 Å². The molecule has 0 atom stereocenters. The van der Waals surface area contributed by atoms with Gasteiger partial charge in [-0.05, 0) is 18.8 Å². The maximum absolute atomic E-state index is 4.80. The van der Waals surface area contributed by atoms with Crippen molar-refractivity contribution in [3.8, 4) is 11.8 Å². The van der Waals surface area contributed by atoms with E-state index in [1.807, 2.05) is 30.3 Å². The lowest BCUT2D eigenvalue weighted by molar-refractivity contribution is 0.214. The Labute approximate surface area is 89.9 Å². The van der Waals surface area contributed by atoms with E-state index in [1.54, 1.807) is 7.11 Å². The van der Waals surface area contributed by atoms with Crippen molar-refractivity contribution in [3.63, 3.8) is 0 Å². The normalized spacial score (nSPS) is 15.4. The van der Waals surface area contributed by atoms with E-state index < -0.39 is 0 Å². The van der Waals surface area contributed by atoms with E-state index in [2.05, 4.69) is 17.0 Å². The zero-order chi connectivity index (χ0) is 10.5. The molecule has 15 heavy (non-hydrogen) atoms. The third-order valence-electron chi connectivity index (χ3n) is 2.20. The van der Waals surface area contributed by atoms with Gasteiger partial charge < -0.3 is 4.84 Å². The average Bonchev–Trinajstić information content (AvgIpc) is 3.09. The van der Waals surface area contributed by atoms with Crippen molar-refractivity contribution in [2.75, 3.05) is 7.11 Å². The Hall–Kier alpha value is -1.75. The molecule has 0 heterocycles. The Morgan fingerprint density at radius 1 is 1.33 bits per heavy atom. The number of oxime groups is 1. The van der Waals surface area contributed by atoms with Crippen LogP contribution in [0.25, 0.3) is 0 Å². The molecule has 0 unspecified atom stereocenters. The lowest BCUT2D eigenvalue weighted by atomic mass is 10.1. The van der Waals surface area contributed by atoms with Gasteiger partial charge >= 0.3 is 0 Å². The van der Waals surface area contributed by atoms with Crippen LogP contribution in [-0.2, 0) is 4.84 Å². The molecule has 0 bridgehead atoms. The highest BCUT2D eigenvalue weighted by Gasteiger charge is 2.18. The Bertz CT molecular complexity index is 407. The summed E-state index contributed by atoms with van der Waals surface area (Å²) in [7, 11) is 1.54. The van der Waals surface area contributed by atoms with Gasteiger partial charge in [0.1, 0.15) is 7.11 Å². The van der Waals surface area contributed by atoms with Crippen molar-refractivity contribution in [3.05, 3.63) is 35.9 Å². The van der Waals surface area contributed by atoms with Crippen LogP contribution in [0.3, 0.4) is 0 Å². The molecule has 1 aromatic carbocycles. The van der Waals surface area contributed by atoms with E-state index in [0.717, 1.165) is 5.56 Å². The van der Waals surface area contributed by atoms with Gasteiger partial charge in [0.15, 0.2) is 5.71 Å². The molecule has 2 rings (SSSR count). The lowest BCUT2D eigenvalue weighted by Crippen LogP contribution is -1.97. The predicted octanol–water partition coefficient (Wildman–Crippen LogP) is 2.45. The Balaban J connectivity index is 2.21. The molecule has 2 heteroatoms. The first-order valence-corrected chi connectivity index (χ1v) is 5.08. The molecule has 0 saturated heterocycles. The van der Waals surface area contributed by atoms with Crippen molar-refractivity contribution in [1.29, 1.82) is 0 Å². The van der Waals surface area contributed by atoms with Crippen LogP contribution in [0.2, 0.25) is 0 Å². The molecular formula is C13H13NO. The Morgan fingerprint density at radius 3 is 2.67 bits per heavy atom. The molecule has 76 valence electrons. The Morgan fingerprint density at radius 2 is 2.07 bits per heavy atom.